The molecule has 19 heavy (non-hydrogen) atoms. The Morgan fingerprint density at radius 1 is 1.26 bits per heavy atom. The van der Waals surface area contributed by atoms with Crippen molar-refractivity contribution in [2.45, 2.75) is 40.7 Å². The minimum Gasteiger partial charge on any atom is -0.394 e. The Morgan fingerprint density at radius 3 is 2.68 bits per heavy atom. The lowest BCUT2D eigenvalue weighted by molar-refractivity contribution is 0.605. The fraction of sp³-hybridized carbons (Fsp3) is 0.400. The second kappa shape index (κ2) is 5.34. The van der Waals surface area contributed by atoms with Crippen LogP contribution in [0.3, 0.4) is 0 Å². The van der Waals surface area contributed by atoms with Crippen LogP contribution in [0.1, 0.15) is 30.2 Å². The SMILES string of the molecule is CCCn1nc(C)c(N)c1Nc1cccc(C)c1C. The Bertz CT molecular complexity index is 584. The van der Waals surface area contributed by atoms with Gasteiger partial charge in [0, 0.05) is 12.2 Å². The molecule has 4 heteroatoms. The van der Waals surface area contributed by atoms with Crippen molar-refractivity contribution in [1.82, 2.24) is 9.78 Å². The van der Waals surface area contributed by atoms with Crippen molar-refractivity contribution < 1.29 is 0 Å². The zero-order valence-corrected chi connectivity index (χ0v) is 12.1. The van der Waals surface area contributed by atoms with Gasteiger partial charge in [0.25, 0.3) is 0 Å². The Balaban J connectivity index is 2.40. The van der Waals surface area contributed by atoms with Crippen LogP contribution in [0.5, 0.6) is 0 Å². The normalized spacial score (nSPS) is 10.7. The average molecular weight is 258 g/mol. The summed E-state index contributed by atoms with van der Waals surface area (Å²) in [6.45, 7) is 9.16. The molecule has 0 aliphatic carbocycles. The smallest absolute Gasteiger partial charge is 0.152 e. The highest BCUT2D eigenvalue weighted by Gasteiger charge is 2.13. The van der Waals surface area contributed by atoms with Gasteiger partial charge < -0.3 is 11.1 Å². The summed E-state index contributed by atoms with van der Waals surface area (Å²) >= 11 is 0. The average Bonchev–Trinajstić information content (AvgIpc) is 2.63. The van der Waals surface area contributed by atoms with Crippen molar-refractivity contribution in [3.05, 3.63) is 35.0 Å². The molecule has 0 aliphatic heterocycles. The molecule has 4 nitrogen and oxygen atoms in total. The molecule has 3 N–H and O–H groups in total. The molecule has 0 radical (unpaired) electrons. The maximum Gasteiger partial charge on any atom is 0.152 e. The lowest BCUT2D eigenvalue weighted by atomic mass is 10.1. The summed E-state index contributed by atoms with van der Waals surface area (Å²) in [7, 11) is 0. The quantitative estimate of drug-likeness (QED) is 0.881. The Morgan fingerprint density at radius 2 is 2.00 bits per heavy atom. The van der Waals surface area contributed by atoms with Gasteiger partial charge in [-0.25, -0.2) is 4.68 Å². The summed E-state index contributed by atoms with van der Waals surface area (Å²) in [4.78, 5) is 0. The van der Waals surface area contributed by atoms with Gasteiger partial charge in [-0.05, 0) is 44.4 Å². The first-order chi connectivity index (χ1) is 9.04. The number of rotatable bonds is 4. The van der Waals surface area contributed by atoms with E-state index in [1.165, 1.54) is 11.1 Å². The van der Waals surface area contributed by atoms with Crippen molar-refractivity contribution in [3.63, 3.8) is 0 Å². The number of anilines is 3. The molecule has 0 spiro atoms. The maximum atomic E-state index is 6.12. The Hall–Kier alpha value is -1.97. The first-order valence-electron chi connectivity index (χ1n) is 6.70. The van der Waals surface area contributed by atoms with E-state index >= 15 is 0 Å². The van der Waals surface area contributed by atoms with E-state index in [0.717, 1.165) is 35.9 Å². The Kier molecular flexibility index (Phi) is 3.79. The summed E-state index contributed by atoms with van der Waals surface area (Å²) in [5, 5.41) is 7.91. The van der Waals surface area contributed by atoms with Gasteiger partial charge in [-0.2, -0.15) is 5.10 Å². The number of aromatic nitrogens is 2. The third kappa shape index (κ3) is 2.57. The monoisotopic (exact) mass is 258 g/mol. The topological polar surface area (TPSA) is 55.9 Å². The molecule has 1 aromatic heterocycles. The second-order valence-electron chi connectivity index (χ2n) is 4.94. The van der Waals surface area contributed by atoms with Crippen molar-refractivity contribution >= 4 is 17.2 Å². The predicted molar refractivity (Wildman–Crippen MR) is 80.9 cm³/mol. The van der Waals surface area contributed by atoms with Gasteiger partial charge in [-0.1, -0.05) is 19.1 Å². The van der Waals surface area contributed by atoms with Gasteiger partial charge in [-0.3, -0.25) is 0 Å². The van der Waals surface area contributed by atoms with E-state index in [9.17, 15) is 0 Å². The molecule has 0 unspecified atom stereocenters. The molecule has 0 saturated heterocycles. The van der Waals surface area contributed by atoms with E-state index in [-0.39, 0.29) is 0 Å². The summed E-state index contributed by atoms with van der Waals surface area (Å²) < 4.78 is 1.95. The number of aryl methyl sites for hydroxylation is 3. The van der Waals surface area contributed by atoms with Gasteiger partial charge in [0.1, 0.15) is 0 Å². The highest BCUT2D eigenvalue weighted by molar-refractivity contribution is 5.73. The van der Waals surface area contributed by atoms with Gasteiger partial charge >= 0.3 is 0 Å². The third-order valence-corrected chi connectivity index (χ3v) is 3.47. The number of nitrogen functional groups attached to an aromatic ring is 1. The van der Waals surface area contributed by atoms with Crippen molar-refractivity contribution in [2.75, 3.05) is 11.1 Å². The van der Waals surface area contributed by atoms with Gasteiger partial charge in [0.05, 0.1) is 11.4 Å². The highest BCUT2D eigenvalue weighted by Crippen LogP contribution is 2.28. The molecular formula is C15H22N4. The molecule has 0 aliphatic rings. The number of nitrogens with one attached hydrogen (secondary N) is 1. The van der Waals surface area contributed by atoms with E-state index in [0.29, 0.717) is 0 Å². The Labute approximate surface area is 114 Å². The standard InChI is InChI=1S/C15H22N4/c1-5-9-19-15(14(16)12(4)18-19)17-13-8-6-7-10(2)11(13)3/h6-8,17H,5,9,16H2,1-4H3. The molecule has 102 valence electrons. The van der Waals surface area contributed by atoms with Crippen LogP contribution in [0.2, 0.25) is 0 Å². The van der Waals surface area contributed by atoms with Crippen LogP contribution in [0, 0.1) is 20.8 Å². The number of hydrogen-bond donors (Lipinski definition) is 2. The molecule has 0 amide bonds. The van der Waals surface area contributed by atoms with Gasteiger partial charge in [-0.15, -0.1) is 0 Å². The van der Waals surface area contributed by atoms with Crippen LogP contribution in [0.25, 0.3) is 0 Å². The van der Waals surface area contributed by atoms with Crippen LogP contribution in [0.15, 0.2) is 18.2 Å². The second-order valence-corrected chi connectivity index (χ2v) is 4.94. The van der Waals surface area contributed by atoms with Crippen LogP contribution in [-0.2, 0) is 6.54 Å². The maximum absolute atomic E-state index is 6.12. The third-order valence-electron chi connectivity index (χ3n) is 3.47. The number of nitrogens with zero attached hydrogens (tertiary/aromatic N) is 2. The van der Waals surface area contributed by atoms with Gasteiger partial charge in [0.15, 0.2) is 5.82 Å². The first-order valence-corrected chi connectivity index (χ1v) is 6.70. The van der Waals surface area contributed by atoms with E-state index < -0.39 is 0 Å². The fourth-order valence-electron chi connectivity index (χ4n) is 2.11. The number of hydrogen-bond acceptors (Lipinski definition) is 3. The molecular weight excluding hydrogens is 236 g/mol. The molecule has 1 heterocycles. The van der Waals surface area contributed by atoms with E-state index in [2.05, 4.69) is 43.3 Å². The van der Waals surface area contributed by atoms with E-state index in [4.69, 9.17) is 5.73 Å². The summed E-state index contributed by atoms with van der Waals surface area (Å²) in [6.07, 6.45) is 1.03. The molecule has 0 fully saturated rings. The molecule has 1 aromatic carbocycles. The first kappa shape index (κ1) is 13.5. The number of benzene rings is 1. The summed E-state index contributed by atoms with van der Waals surface area (Å²) in [5.41, 5.74) is 11.3. The minimum absolute atomic E-state index is 0.731. The number of nitrogens with two attached hydrogens (primary N) is 1. The largest absolute Gasteiger partial charge is 0.394 e. The van der Waals surface area contributed by atoms with Crippen LogP contribution in [-0.4, -0.2) is 9.78 Å². The molecule has 2 aromatic rings. The lowest BCUT2D eigenvalue weighted by Crippen LogP contribution is -2.06. The molecule has 2 rings (SSSR count). The van der Waals surface area contributed by atoms with Crippen molar-refractivity contribution in [2.24, 2.45) is 0 Å². The van der Waals surface area contributed by atoms with Crippen molar-refractivity contribution in [3.8, 4) is 0 Å². The summed E-state index contributed by atoms with van der Waals surface area (Å²) in [5.74, 6) is 0.896. The molecule has 0 saturated carbocycles. The van der Waals surface area contributed by atoms with Crippen molar-refractivity contribution in [1.29, 1.82) is 0 Å². The van der Waals surface area contributed by atoms with E-state index in [1.807, 2.05) is 17.7 Å². The van der Waals surface area contributed by atoms with Crippen LogP contribution < -0.4 is 11.1 Å². The minimum atomic E-state index is 0.731. The lowest BCUT2D eigenvalue weighted by Gasteiger charge is -2.13. The fourth-order valence-corrected chi connectivity index (χ4v) is 2.11. The van der Waals surface area contributed by atoms with E-state index in [1.54, 1.807) is 0 Å². The van der Waals surface area contributed by atoms with Crippen LogP contribution in [0.4, 0.5) is 17.2 Å². The van der Waals surface area contributed by atoms with Crippen LogP contribution >= 0.6 is 0 Å². The molecule has 0 atom stereocenters. The van der Waals surface area contributed by atoms with Gasteiger partial charge in [0.2, 0.25) is 0 Å². The zero-order chi connectivity index (χ0) is 14.0. The molecule has 0 bridgehead atoms. The highest BCUT2D eigenvalue weighted by atomic mass is 15.3. The predicted octanol–water partition coefficient (Wildman–Crippen LogP) is 3.54. The summed E-state index contributed by atoms with van der Waals surface area (Å²) in [6, 6.07) is 6.23. The zero-order valence-electron chi connectivity index (χ0n) is 12.1.